The van der Waals surface area contributed by atoms with Crippen LogP contribution in [0.15, 0.2) is 36.4 Å². The van der Waals surface area contributed by atoms with Gasteiger partial charge in [0.15, 0.2) is 12.6 Å². The molecule has 4 atom stereocenters. The van der Waals surface area contributed by atoms with Crippen LogP contribution in [0.1, 0.15) is 65.4 Å². The van der Waals surface area contributed by atoms with E-state index in [1.165, 1.54) is 13.2 Å². The number of benzene rings is 3. The Morgan fingerprint density at radius 1 is 1.04 bits per heavy atom. The summed E-state index contributed by atoms with van der Waals surface area (Å²) in [5.74, 6) is -0.879. The average Bonchev–Trinajstić information content (AvgIpc) is 3.67. The molecule has 0 spiro atoms. The summed E-state index contributed by atoms with van der Waals surface area (Å²) in [6.45, 7) is 9.54. The van der Waals surface area contributed by atoms with Crippen LogP contribution in [0.25, 0.3) is 32.8 Å². The average molecular weight is 748 g/mol. The van der Waals surface area contributed by atoms with Gasteiger partial charge >= 0.3 is 12.1 Å². The maximum absolute atomic E-state index is 17.4. The highest BCUT2D eigenvalue weighted by atomic mass is 19.1. The van der Waals surface area contributed by atoms with Gasteiger partial charge in [0.05, 0.1) is 17.1 Å². The zero-order chi connectivity index (χ0) is 37.9. The molecular weight excluding hydrogens is 699 g/mol. The zero-order valence-electron chi connectivity index (χ0n) is 31.6. The lowest BCUT2D eigenvalue weighted by molar-refractivity contribution is 0.000788. The molecule has 1 aromatic heterocycles. The highest BCUT2D eigenvalue weighted by Gasteiger charge is 2.50. The first kappa shape index (κ1) is 36.6. The molecule has 0 aliphatic carbocycles. The lowest BCUT2D eigenvalue weighted by atomic mass is 9.90. The van der Waals surface area contributed by atoms with Gasteiger partial charge in [0, 0.05) is 44.6 Å². The number of aromatic nitrogens is 2. The second kappa shape index (κ2) is 14.1. The number of anilines is 1. The number of piperidine rings is 2. The van der Waals surface area contributed by atoms with Crippen LogP contribution in [0.5, 0.6) is 11.8 Å². The Hall–Kier alpha value is -4.36. The summed E-state index contributed by atoms with van der Waals surface area (Å²) in [5.41, 5.74) is -0.197. The van der Waals surface area contributed by atoms with E-state index in [0.29, 0.717) is 55.0 Å². The van der Waals surface area contributed by atoms with Crippen molar-refractivity contribution in [3.05, 3.63) is 53.6 Å². The fraction of sp³-hybridized carbons (Fsp3) is 0.537. The van der Waals surface area contributed by atoms with Gasteiger partial charge in [-0.15, -0.1) is 0 Å². The predicted molar refractivity (Wildman–Crippen MR) is 200 cm³/mol. The summed E-state index contributed by atoms with van der Waals surface area (Å²) in [4.78, 5) is 28.6. The molecule has 0 saturated carbocycles. The van der Waals surface area contributed by atoms with Gasteiger partial charge in [-0.25, -0.2) is 18.0 Å². The fourth-order valence-electron chi connectivity index (χ4n) is 9.15. The summed E-state index contributed by atoms with van der Waals surface area (Å²) in [6, 6.07) is 10.1. The van der Waals surface area contributed by atoms with Crippen LogP contribution in [0.4, 0.5) is 23.8 Å². The third-order valence-electron chi connectivity index (χ3n) is 11.5. The van der Waals surface area contributed by atoms with Gasteiger partial charge in [0.2, 0.25) is 0 Å². The molecule has 5 fully saturated rings. The number of aryl methyl sites for hydroxylation is 1. The molecule has 0 unspecified atom stereocenters. The number of carbonyl (C=O) groups is 1. The van der Waals surface area contributed by atoms with E-state index in [1.807, 2.05) is 56.9 Å². The van der Waals surface area contributed by atoms with Gasteiger partial charge in [-0.3, -0.25) is 4.90 Å². The van der Waals surface area contributed by atoms with E-state index in [4.69, 9.17) is 23.9 Å². The number of nitrogens with zero attached hydrogens (tertiary/aromatic N) is 5. The number of piperazine rings is 1. The smallest absolute Gasteiger partial charge is 0.410 e. The predicted octanol–water partition coefficient (Wildman–Crippen LogP) is 7.82. The van der Waals surface area contributed by atoms with E-state index in [1.54, 1.807) is 11.0 Å². The summed E-state index contributed by atoms with van der Waals surface area (Å²) < 4.78 is 71.9. The standard InChI is InChI=1S/C41H48F3N5O5/c1-6-24-9-7-10-25-15-29(53-23-51-5)16-30(33(24)25)34-32(43)17-31-36(35(34)44)45-38(52-22-41-13-8-14-47(41)19-26(42)18-41)46-37(31)48-20-28-12-11-27(48)21-49(28)39(50)54-40(2,3)4/h7,9-10,15-17,26-28H,6,8,11-14,18-23H2,1-5H3/t26-,27-,28+,41+/m1/s1. The molecule has 2 bridgehead atoms. The minimum Gasteiger partial charge on any atom is -0.468 e. The fourth-order valence-corrected chi connectivity index (χ4v) is 9.15. The number of carbonyl (C=O) groups excluding carboxylic acids is 1. The second-order valence-electron chi connectivity index (χ2n) is 16.2. The number of rotatable bonds is 9. The highest BCUT2D eigenvalue weighted by Crippen LogP contribution is 2.44. The Bertz CT molecular complexity index is 2090. The number of amides is 1. The van der Waals surface area contributed by atoms with Gasteiger partial charge in [-0.1, -0.05) is 25.1 Å². The van der Waals surface area contributed by atoms with Gasteiger partial charge < -0.3 is 28.7 Å². The van der Waals surface area contributed by atoms with Crippen LogP contribution in [0, 0.1) is 11.6 Å². The van der Waals surface area contributed by atoms with E-state index >= 15 is 8.78 Å². The molecule has 288 valence electrons. The number of methoxy groups -OCH3 is 1. The van der Waals surface area contributed by atoms with Crippen molar-refractivity contribution in [1.29, 1.82) is 0 Å². The van der Waals surface area contributed by atoms with Crippen LogP contribution in [0.2, 0.25) is 0 Å². The van der Waals surface area contributed by atoms with Crippen molar-refractivity contribution < 1.29 is 36.9 Å². The maximum Gasteiger partial charge on any atom is 0.410 e. The number of ether oxygens (including phenoxy) is 4. The first-order valence-electron chi connectivity index (χ1n) is 19.0. The van der Waals surface area contributed by atoms with Crippen molar-refractivity contribution in [2.24, 2.45) is 0 Å². The molecule has 3 aromatic carbocycles. The molecule has 5 aliphatic rings. The molecule has 9 rings (SSSR count). The Balaban J connectivity index is 1.26. The van der Waals surface area contributed by atoms with Crippen LogP contribution >= 0.6 is 0 Å². The van der Waals surface area contributed by atoms with Gasteiger partial charge in [-0.05, 0) is 99.5 Å². The van der Waals surface area contributed by atoms with Gasteiger partial charge in [0.1, 0.15) is 41.3 Å². The van der Waals surface area contributed by atoms with Crippen molar-refractivity contribution in [3.8, 4) is 22.9 Å². The minimum absolute atomic E-state index is 0.0379. The first-order valence-corrected chi connectivity index (χ1v) is 19.0. The maximum atomic E-state index is 17.4. The molecular formula is C41H48F3N5O5. The third-order valence-corrected chi connectivity index (χ3v) is 11.5. The highest BCUT2D eigenvalue weighted by molar-refractivity contribution is 6.03. The number of hydrogen-bond donors (Lipinski definition) is 0. The SMILES string of the molecule is CCc1cccc2cc(OCOC)cc(-c3c(F)cc4c(N5C[C@@H]6CC[C@@H]5CN6C(=O)OC(C)(C)C)nc(OC[C@@]56CCCN5C[C@H](F)C6)nc4c3F)c12. The van der Waals surface area contributed by atoms with E-state index < -0.39 is 28.9 Å². The lowest BCUT2D eigenvalue weighted by Crippen LogP contribution is -2.64. The van der Waals surface area contributed by atoms with Crippen LogP contribution < -0.4 is 14.4 Å². The van der Waals surface area contributed by atoms with Gasteiger partial charge in [-0.2, -0.15) is 9.97 Å². The number of hydrogen-bond acceptors (Lipinski definition) is 9. The van der Waals surface area contributed by atoms with E-state index in [2.05, 4.69) is 9.88 Å². The Morgan fingerprint density at radius 3 is 2.59 bits per heavy atom. The zero-order valence-corrected chi connectivity index (χ0v) is 31.6. The van der Waals surface area contributed by atoms with E-state index in [-0.39, 0.29) is 54.1 Å². The molecule has 10 nitrogen and oxygen atoms in total. The molecule has 0 N–H and O–H groups in total. The molecule has 4 aromatic rings. The molecule has 1 amide bonds. The largest absolute Gasteiger partial charge is 0.468 e. The van der Waals surface area contributed by atoms with Crippen molar-refractivity contribution in [3.63, 3.8) is 0 Å². The summed E-state index contributed by atoms with van der Waals surface area (Å²) >= 11 is 0. The van der Waals surface area contributed by atoms with Crippen LogP contribution in [0.3, 0.4) is 0 Å². The Morgan fingerprint density at radius 2 is 1.85 bits per heavy atom. The van der Waals surface area contributed by atoms with Crippen molar-refractivity contribution in [2.45, 2.75) is 95.6 Å². The number of alkyl halides is 1. The normalized spacial score (nSPS) is 24.1. The molecule has 54 heavy (non-hydrogen) atoms. The quantitative estimate of drug-likeness (QED) is 0.159. The van der Waals surface area contributed by atoms with Crippen molar-refractivity contribution in [1.82, 2.24) is 19.8 Å². The van der Waals surface area contributed by atoms with Crippen LogP contribution in [-0.4, -0.2) is 102 Å². The minimum atomic E-state index is -0.951. The summed E-state index contributed by atoms with van der Waals surface area (Å²) in [7, 11) is 1.51. The third kappa shape index (κ3) is 6.56. The number of halogens is 3. The number of fused-ring (bicyclic) bond motifs is 6. The summed E-state index contributed by atoms with van der Waals surface area (Å²) in [6.07, 6.45) is 2.89. The molecule has 13 heteroatoms. The topological polar surface area (TPSA) is 89.5 Å². The molecule has 6 heterocycles. The molecule has 5 saturated heterocycles. The monoisotopic (exact) mass is 747 g/mol. The van der Waals surface area contributed by atoms with Crippen molar-refractivity contribution in [2.75, 3.05) is 51.6 Å². The van der Waals surface area contributed by atoms with Crippen molar-refractivity contribution >= 4 is 33.6 Å². The van der Waals surface area contributed by atoms with Gasteiger partial charge in [0.25, 0.3) is 0 Å². The molecule has 0 radical (unpaired) electrons. The Labute approximate surface area is 313 Å². The van der Waals surface area contributed by atoms with Crippen LogP contribution in [-0.2, 0) is 15.9 Å². The van der Waals surface area contributed by atoms with E-state index in [9.17, 15) is 9.18 Å². The van der Waals surface area contributed by atoms with E-state index in [0.717, 1.165) is 43.2 Å². The Kier molecular flexibility index (Phi) is 9.52. The lowest BCUT2D eigenvalue weighted by Gasteiger charge is -2.51. The molecule has 5 aliphatic heterocycles. The second-order valence-corrected chi connectivity index (χ2v) is 16.2. The summed E-state index contributed by atoms with van der Waals surface area (Å²) in [5, 5.41) is 1.69. The first-order chi connectivity index (χ1) is 25.9.